The summed E-state index contributed by atoms with van der Waals surface area (Å²) in [5.41, 5.74) is 5.75. The summed E-state index contributed by atoms with van der Waals surface area (Å²) in [6.45, 7) is 4.70. The Labute approximate surface area is 258 Å². The minimum Gasteiger partial charge on any atom is -0.477 e. The van der Waals surface area contributed by atoms with Gasteiger partial charge >= 0.3 is 11.9 Å². The van der Waals surface area contributed by atoms with E-state index < -0.39 is 53.1 Å². The number of hydrogen-bond acceptors (Lipinski definition) is 11. The summed E-state index contributed by atoms with van der Waals surface area (Å²) in [6, 6.07) is 4.60. The molecule has 0 spiro atoms. The van der Waals surface area contributed by atoms with Crippen molar-refractivity contribution >= 4 is 74.9 Å². The van der Waals surface area contributed by atoms with Gasteiger partial charge in [0.25, 0.3) is 17.5 Å². The first-order valence-electron chi connectivity index (χ1n) is 12.8. The van der Waals surface area contributed by atoms with Crippen LogP contribution in [0.5, 0.6) is 0 Å². The van der Waals surface area contributed by atoms with Crippen molar-refractivity contribution in [3.05, 3.63) is 58.1 Å². The van der Waals surface area contributed by atoms with Gasteiger partial charge in [-0.3, -0.25) is 14.5 Å². The highest BCUT2D eigenvalue weighted by atomic mass is 35.5. The zero-order chi connectivity index (χ0) is 31.1. The molecular formula is C26H27ClN7O7S2+. The first kappa shape index (κ1) is 30.3. The molecule has 2 amide bonds. The number of thioether (sulfide) groups is 1. The van der Waals surface area contributed by atoms with Crippen molar-refractivity contribution in [2.45, 2.75) is 44.3 Å². The summed E-state index contributed by atoms with van der Waals surface area (Å²) >= 11 is 8.43. The van der Waals surface area contributed by atoms with Crippen molar-refractivity contribution in [2.24, 2.45) is 5.16 Å². The Morgan fingerprint density at radius 3 is 2.74 bits per heavy atom. The van der Waals surface area contributed by atoms with E-state index in [1.165, 1.54) is 16.7 Å². The maximum atomic E-state index is 13.4. The lowest BCUT2D eigenvalue weighted by Crippen LogP contribution is -2.71. The third kappa shape index (κ3) is 6.30. The minimum absolute atomic E-state index is 0.0392. The quantitative estimate of drug-likeness (QED) is 0.101. The average molecular weight is 649 g/mol. The molecule has 0 aromatic carbocycles. The maximum Gasteiger partial charge on any atom is 0.352 e. The van der Waals surface area contributed by atoms with Gasteiger partial charge in [-0.05, 0) is 26.8 Å². The molecule has 5 rings (SSSR count). The van der Waals surface area contributed by atoms with Crippen molar-refractivity contribution in [1.82, 2.24) is 19.6 Å². The number of nitrogens with zero attached hydrogens (tertiary/aromatic N) is 5. The molecule has 2 aliphatic rings. The number of nitrogens with one attached hydrogen (secondary N) is 1. The van der Waals surface area contributed by atoms with Crippen LogP contribution in [-0.4, -0.2) is 78.2 Å². The molecule has 2 atom stereocenters. The lowest BCUT2D eigenvalue weighted by atomic mass is 10.0. The summed E-state index contributed by atoms with van der Waals surface area (Å²) in [5, 5.41) is 15.8. The van der Waals surface area contributed by atoms with E-state index >= 15 is 0 Å². The van der Waals surface area contributed by atoms with E-state index in [4.69, 9.17) is 26.9 Å². The number of aliphatic carboxylic acids is 1. The van der Waals surface area contributed by atoms with Gasteiger partial charge in [0, 0.05) is 17.4 Å². The van der Waals surface area contributed by atoms with Gasteiger partial charge in [-0.1, -0.05) is 34.2 Å². The smallest absolute Gasteiger partial charge is 0.352 e. The molecule has 0 saturated carbocycles. The van der Waals surface area contributed by atoms with Crippen LogP contribution in [0.25, 0.3) is 5.65 Å². The number of β-lactam (4-membered cyclic amide) rings is 1. The second-order valence-corrected chi connectivity index (χ2v) is 13.2. The van der Waals surface area contributed by atoms with Gasteiger partial charge in [0.1, 0.15) is 51.7 Å². The second-order valence-electron chi connectivity index (χ2n) is 10.5. The molecule has 0 unspecified atom stereocenters. The number of thiazole rings is 1. The van der Waals surface area contributed by atoms with Crippen molar-refractivity contribution in [2.75, 3.05) is 18.1 Å². The molecule has 4 N–H and O–H groups in total. The summed E-state index contributed by atoms with van der Waals surface area (Å²) < 4.78 is 9.00. The van der Waals surface area contributed by atoms with Gasteiger partial charge in [-0.25, -0.2) is 23.5 Å². The van der Waals surface area contributed by atoms with E-state index in [-0.39, 0.29) is 27.4 Å². The van der Waals surface area contributed by atoms with Crippen LogP contribution in [-0.2, 0) is 35.3 Å². The molecule has 0 bridgehead atoms. The predicted molar refractivity (Wildman–Crippen MR) is 157 cm³/mol. The number of aromatic nitrogens is 3. The maximum absolute atomic E-state index is 13.4. The molecule has 0 radical (unpaired) electrons. The van der Waals surface area contributed by atoms with Crippen LogP contribution in [0.2, 0.25) is 4.34 Å². The molecule has 2 aliphatic heterocycles. The molecule has 17 heteroatoms. The first-order valence-corrected chi connectivity index (χ1v) is 15.1. The van der Waals surface area contributed by atoms with E-state index in [1.807, 2.05) is 45.8 Å². The van der Waals surface area contributed by atoms with E-state index in [2.05, 4.69) is 15.5 Å². The second kappa shape index (κ2) is 11.9. The fourth-order valence-electron chi connectivity index (χ4n) is 4.57. The number of hydrogen-bond donors (Lipinski definition) is 3. The molecule has 14 nitrogen and oxygen atoms in total. The normalized spacial score (nSPS) is 18.7. The minimum atomic E-state index is -1.25. The van der Waals surface area contributed by atoms with Crippen molar-refractivity contribution in [3.8, 4) is 0 Å². The fraction of sp³-hybridized carbons (Fsp3) is 0.346. The molecule has 0 aliphatic carbocycles. The molecule has 43 heavy (non-hydrogen) atoms. The number of anilines is 1. The van der Waals surface area contributed by atoms with E-state index in [0.717, 1.165) is 17.0 Å². The number of ether oxygens (including phenoxy) is 1. The number of carboxylic acid groups (broad SMARTS) is 1. The third-order valence-electron chi connectivity index (χ3n) is 6.27. The van der Waals surface area contributed by atoms with Crippen molar-refractivity contribution in [3.63, 3.8) is 0 Å². The highest BCUT2D eigenvalue weighted by Crippen LogP contribution is 2.40. The molecule has 3 aromatic heterocycles. The predicted octanol–water partition coefficient (Wildman–Crippen LogP) is 1.42. The van der Waals surface area contributed by atoms with Crippen LogP contribution in [0.1, 0.15) is 26.5 Å². The van der Waals surface area contributed by atoms with Gasteiger partial charge in [-0.2, -0.15) is 0 Å². The monoisotopic (exact) mass is 648 g/mol. The Bertz CT molecular complexity index is 1690. The lowest BCUT2D eigenvalue weighted by molar-refractivity contribution is -0.662. The first-order chi connectivity index (χ1) is 20.3. The van der Waals surface area contributed by atoms with E-state index in [0.29, 0.717) is 11.3 Å². The van der Waals surface area contributed by atoms with Crippen molar-refractivity contribution in [1.29, 1.82) is 0 Å². The molecule has 5 heterocycles. The number of carbonyl (C=O) groups excluding carboxylic acids is 3. The number of imidazole rings is 1. The largest absolute Gasteiger partial charge is 0.477 e. The van der Waals surface area contributed by atoms with Gasteiger partial charge in [0.05, 0.1) is 6.20 Å². The number of carboxylic acids is 1. The molecule has 1 fully saturated rings. The molecule has 3 aromatic rings. The Balaban J connectivity index is 1.34. The van der Waals surface area contributed by atoms with Crippen molar-refractivity contribution < 1.29 is 38.4 Å². The van der Waals surface area contributed by atoms with Crippen LogP contribution in [0.4, 0.5) is 5.13 Å². The number of nitrogen functional groups attached to an aromatic ring is 1. The Morgan fingerprint density at radius 2 is 2.07 bits per heavy atom. The lowest BCUT2D eigenvalue weighted by Gasteiger charge is -2.49. The fourth-order valence-corrected chi connectivity index (χ4v) is 6.84. The summed E-state index contributed by atoms with van der Waals surface area (Å²) in [5.74, 6) is -3.14. The number of amides is 2. The topological polar surface area (TPSA) is 182 Å². The SMILES string of the molecule is CC(C)(C)OC(=O)CO/N=C(\C(=O)N[C@@H]1C(=O)N2C(C(=O)O)=C(C[n+]3ccn4ccccc43)CS[C@@H]12)c1nc(N)sc1Cl. The van der Waals surface area contributed by atoms with Crippen LogP contribution in [0.3, 0.4) is 0 Å². The van der Waals surface area contributed by atoms with Crippen LogP contribution >= 0.6 is 34.7 Å². The Kier molecular flexibility index (Phi) is 8.36. The Morgan fingerprint density at radius 1 is 1.30 bits per heavy atom. The van der Waals surface area contributed by atoms with E-state index in [1.54, 1.807) is 20.8 Å². The highest BCUT2D eigenvalue weighted by molar-refractivity contribution is 8.00. The average Bonchev–Trinajstić information content (AvgIpc) is 3.49. The third-order valence-corrected chi connectivity index (χ3v) is 8.69. The van der Waals surface area contributed by atoms with Gasteiger partial charge < -0.3 is 25.7 Å². The standard InChI is InChI=1S/C26H26ClN7O7S2/c1-26(2,3)41-15(35)11-40-31-17(16-20(27)43-25(28)30-16)21(36)29-18-22(37)34-19(24(38)39)13(12-42-23(18)34)10-33-9-8-32-7-5-4-6-14(32)33/h4-9,18,23H,10-12H2,1-3H3,(H3-,28,29,30,36,38,39)/p+1/b31-17-/t18-,23+/m1/s1. The van der Waals surface area contributed by atoms with Crippen LogP contribution in [0.15, 0.2) is 53.2 Å². The molecule has 1 saturated heterocycles. The Hall–Kier alpha value is -4.15. The highest BCUT2D eigenvalue weighted by Gasteiger charge is 2.54. The van der Waals surface area contributed by atoms with Gasteiger partial charge in [0.2, 0.25) is 6.61 Å². The van der Waals surface area contributed by atoms with Crippen LogP contribution < -0.4 is 15.6 Å². The zero-order valence-electron chi connectivity index (χ0n) is 23.1. The number of halogens is 1. The number of carbonyl (C=O) groups is 4. The number of pyridine rings is 1. The number of oxime groups is 1. The molecular weight excluding hydrogens is 622 g/mol. The zero-order valence-corrected chi connectivity index (χ0v) is 25.5. The summed E-state index contributed by atoms with van der Waals surface area (Å²) in [4.78, 5) is 61.3. The molecule has 226 valence electrons. The summed E-state index contributed by atoms with van der Waals surface area (Å²) in [6.07, 6.45) is 5.57. The van der Waals surface area contributed by atoms with Gasteiger partial charge in [0.15, 0.2) is 10.8 Å². The number of rotatable bonds is 9. The van der Waals surface area contributed by atoms with Gasteiger partial charge in [-0.15, -0.1) is 11.8 Å². The van der Waals surface area contributed by atoms with Crippen LogP contribution in [0, 0.1) is 0 Å². The number of fused-ring (bicyclic) bond motifs is 2. The summed E-state index contributed by atoms with van der Waals surface area (Å²) in [7, 11) is 0. The number of nitrogens with two attached hydrogens (primary N) is 1. The van der Waals surface area contributed by atoms with E-state index in [9.17, 15) is 24.3 Å². The number of esters is 1.